The van der Waals surface area contributed by atoms with Gasteiger partial charge in [0.15, 0.2) is 0 Å². The lowest BCUT2D eigenvalue weighted by Gasteiger charge is -2.22. The molecule has 1 aromatic carbocycles. The number of benzene rings is 1. The molecule has 6 nitrogen and oxygen atoms in total. The molecule has 0 bridgehead atoms. The molecular weight excluding hydrogens is 459 g/mol. The molecular formula is C20H21N3O3S4. The van der Waals surface area contributed by atoms with E-state index in [4.69, 9.17) is 5.11 Å². The van der Waals surface area contributed by atoms with Gasteiger partial charge in [-0.25, -0.2) is 13.4 Å². The van der Waals surface area contributed by atoms with Crippen LogP contribution in [0.2, 0.25) is 0 Å². The first kappa shape index (κ1) is 21.4. The molecule has 0 amide bonds. The summed E-state index contributed by atoms with van der Waals surface area (Å²) in [7, 11) is -3.62. The van der Waals surface area contributed by atoms with Crippen molar-refractivity contribution in [2.45, 2.75) is 16.9 Å². The van der Waals surface area contributed by atoms with Crippen LogP contribution in [0, 0.1) is 0 Å². The zero-order chi connectivity index (χ0) is 21.1. The highest BCUT2D eigenvalue weighted by molar-refractivity contribution is 7.98. The number of thiazole rings is 1. The van der Waals surface area contributed by atoms with Crippen LogP contribution < -0.4 is 4.31 Å². The number of aliphatic hydroxyl groups excluding tert-OH is 1. The zero-order valence-corrected chi connectivity index (χ0v) is 19.5. The molecule has 0 fully saturated rings. The van der Waals surface area contributed by atoms with Gasteiger partial charge >= 0.3 is 0 Å². The standard InChI is InChI=1S/C20H21N3O3S4/c1-2-23(30(25,26)18-7-4-9-28-18)17-6-3-5-14-11-16(22-19(14)17)20-21-12-15(29-20)13-27-10-8-24/h3-7,9,11-12,22,24H,2,8,10,13H2,1H3. The molecule has 0 atom stereocenters. The van der Waals surface area contributed by atoms with Crippen LogP contribution in [0.15, 0.2) is 52.2 Å². The van der Waals surface area contributed by atoms with Gasteiger partial charge in [-0.2, -0.15) is 11.8 Å². The van der Waals surface area contributed by atoms with Crippen LogP contribution >= 0.6 is 34.4 Å². The van der Waals surface area contributed by atoms with Gasteiger partial charge in [0.25, 0.3) is 10.0 Å². The second kappa shape index (κ2) is 9.11. The first-order chi connectivity index (χ1) is 14.5. The van der Waals surface area contributed by atoms with Gasteiger partial charge in [0.2, 0.25) is 0 Å². The Labute approximate surface area is 187 Å². The Morgan fingerprint density at radius 1 is 1.27 bits per heavy atom. The number of nitrogens with zero attached hydrogens (tertiary/aromatic N) is 2. The van der Waals surface area contributed by atoms with E-state index in [0.29, 0.717) is 22.2 Å². The van der Waals surface area contributed by atoms with Crippen molar-refractivity contribution in [3.63, 3.8) is 0 Å². The summed E-state index contributed by atoms with van der Waals surface area (Å²) < 4.78 is 28.1. The molecule has 0 spiro atoms. The Morgan fingerprint density at radius 2 is 2.13 bits per heavy atom. The predicted molar refractivity (Wildman–Crippen MR) is 127 cm³/mol. The van der Waals surface area contributed by atoms with Gasteiger partial charge in [-0.15, -0.1) is 22.7 Å². The van der Waals surface area contributed by atoms with Crippen molar-refractivity contribution >= 4 is 61.0 Å². The molecule has 0 saturated heterocycles. The van der Waals surface area contributed by atoms with E-state index < -0.39 is 10.0 Å². The number of hydrogen-bond acceptors (Lipinski definition) is 7. The molecule has 3 aromatic heterocycles. The van der Waals surface area contributed by atoms with Crippen molar-refractivity contribution in [3.8, 4) is 10.7 Å². The molecule has 4 rings (SSSR count). The van der Waals surface area contributed by atoms with Crippen LogP contribution in [0.25, 0.3) is 21.6 Å². The summed E-state index contributed by atoms with van der Waals surface area (Å²) in [5, 5.41) is 12.5. The quantitative estimate of drug-likeness (QED) is 0.337. The third-order valence-corrected chi connectivity index (χ3v) is 9.96. The summed E-state index contributed by atoms with van der Waals surface area (Å²) in [6.07, 6.45) is 1.86. The Kier molecular flexibility index (Phi) is 6.49. The van der Waals surface area contributed by atoms with Crippen molar-refractivity contribution < 1.29 is 13.5 Å². The normalized spacial score (nSPS) is 11.9. The average molecular weight is 480 g/mol. The van der Waals surface area contributed by atoms with Gasteiger partial charge in [-0.05, 0) is 30.5 Å². The van der Waals surface area contributed by atoms with Crippen molar-refractivity contribution in [2.24, 2.45) is 0 Å². The van der Waals surface area contributed by atoms with Crippen LogP contribution in [-0.2, 0) is 15.8 Å². The van der Waals surface area contributed by atoms with E-state index in [9.17, 15) is 8.42 Å². The number of hydrogen-bond donors (Lipinski definition) is 2. The maximum Gasteiger partial charge on any atom is 0.273 e. The smallest absolute Gasteiger partial charge is 0.273 e. The van der Waals surface area contributed by atoms with Crippen molar-refractivity contribution in [3.05, 3.63) is 52.9 Å². The Hall–Kier alpha value is -1.85. The monoisotopic (exact) mass is 479 g/mol. The minimum Gasteiger partial charge on any atom is -0.396 e. The van der Waals surface area contributed by atoms with E-state index in [-0.39, 0.29) is 6.61 Å². The highest BCUT2D eigenvalue weighted by Gasteiger charge is 2.26. The number of aromatic amines is 1. The van der Waals surface area contributed by atoms with E-state index in [0.717, 1.165) is 32.2 Å². The van der Waals surface area contributed by atoms with Crippen molar-refractivity contribution in [1.82, 2.24) is 9.97 Å². The number of nitrogens with one attached hydrogen (secondary N) is 1. The number of anilines is 1. The van der Waals surface area contributed by atoms with Gasteiger partial charge in [0.1, 0.15) is 9.22 Å². The number of rotatable bonds is 9. The third kappa shape index (κ3) is 4.15. The van der Waals surface area contributed by atoms with E-state index in [2.05, 4.69) is 9.97 Å². The number of aromatic nitrogens is 2. The number of H-pyrrole nitrogens is 1. The number of aliphatic hydroxyl groups is 1. The molecule has 30 heavy (non-hydrogen) atoms. The van der Waals surface area contributed by atoms with Crippen LogP contribution in [0.4, 0.5) is 5.69 Å². The van der Waals surface area contributed by atoms with Crippen molar-refractivity contribution in [2.75, 3.05) is 23.2 Å². The largest absolute Gasteiger partial charge is 0.396 e. The van der Waals surface area contributed by atoms with Crippen LogP contribution in [0.5, 0.6) is 0 Å². The predicted octanol–water partition coefficient (Wildman–Crippen LogP) is 4.79. The maximum absolute atomic E-state index is 13.2. The average Bonchev–Trinajstić information content (AvgIpc) is 3.48. The first-order valence-electron chi connectivity index (χ1n) is 9.36. The number of thioether (sulfide) groups is 1. The van der Waals surface area contributed by atoms with E-state index in [1.54, 1.807) is 40.6 Å². The summed E-state index contributed by atoms with van der Waals surface area (Å²) in [5.41, 5.74) is 2.27. The summed E-state index contributed by atoms with van der Waals surface area (Å²) in [4.78, 5) is 9.05. The SMILES string of the molecule is CCN(c1cccc2cc(-c3ncc(CSCCO)s3)[nH]c12)S(=O)(=O)c1cccs1. The summed E-state index contributed by atoms with van der Waals surface area (Å²) in [6, 6.07) is 11.1. The van der Waals surface area contributed by atoms with Gasteiger partial charge in [-0.1, -0.05) is 18.2 Å². The minimum atomic E-state index is -3.62. The molecule has 0 aliphatic carbocycles. The van der Waals surface area contributed by atoms with Gasteiger partial charge in [0.05, 0.1) is 23.5 Å². The highest BCUT2D eigenvalue weighted by atomic mass is 32.2. The second-order valence-corrected chi connectivity index (χ2v) is 11.7. The summed E-state index contributed by atoms with van der Waals surface area (Å²) in [5.74, 6) is 1.51. The summed E-state index contributed by atoms with van der Waals surface area (Å²) >= 11 is 4.49. The maximum atomic E-state index is 13.2. The van der Waals surface area contributed by atoms with E-state index >= 15 is 0 Å². The molecule has 0 radical (unpaired) electrons. The lowest BCUT2D eigenvalue weighted by atomic mass is 10.2. The molecule has 4 aromatic rings. The Balaban J connectivity index is 1.70. The molecule has 158 valence electrons. The fourth-order valence-corrected chi connectivity index (χ4v) is 7.49. The van der Waals surface area contributed by atoms with Crippen molar-refractivity contribution in [1.29, 1.82) is 0 Å². The zero-order valence-electron chi connectivity index (χ0n) is 16.2. The lowest BCUT2D eigenvalue weighted by molar-refractivity contribution is 0.322. The molecule has 0 unspecified atom stereocenters. The van der Waals surface area contributed by atoms with Gasteiger partial charge < -0.3 is 10.1 Å². The number of para-hydroxylation sites is 1. The van der Waals surface area contributed by atoms with E-state index in [1.807, 2.05) is 37.4 Å². The molecule has 10 heteroatoms. The van der Waals surface area contributed by atoms with E-state index in [1.165, 1.54) is 15.6 Å². The Morgan fingerprint density at radius 3 is 2.87 bits per heavy atom. The number of thiophene rings is 1. The molecule has 3 heterocycles. The topological polar surface area (TPSA) is 86.3 Å². The van der Waals surface area contributed by atoms with Crippen LogP contribution in [0.1, 0.15) is 11.8 Å². The Bertz CT molecular complexity index is 1230. The van der Waals surface area contributed by atoms with Crippen LogP contribution in [-0.4, -0.2) is 42.4 Å². The molecule has 0 aliphatic rings. The lowest BCUT2D eigenvalue weighted by Crippen LogP contribution is -2.30. The fraction of sp³-hybridized carbons (Fsp3) is 0.250. The third-order valence-electron chi connectivity index (χ3n) is 4.49. The summed E-state index contributed by atoms with van der Waals surface area (Å²) in [6.45, 7) is 2.34. The number of fused-ring (bicyclic) bond motifs is 1. The number of sulfonamides is 1. The second-order valence-electron chi connectivity index (χ2n) is 6.43. The molecule has 2 N–H and O–H groups in total. The highest BCUT2D eigenvalue weighted by Crippen LogP contribution is 2.35. The molecule has 0 aliphatic heterocycles. The van der Waals surface area contributed by atoms with Gasteiger partial charge in [-0.3, -0.25) is 4.31 Å². The minimum absolute atomic E-state index is 0.170. The van der Waals surface area contributed by atoms with Crippen LogP contribution in [0.3, 0.4) is 0 Å². The van der Waals surface area contributed by atoms with Gasteiger partial charge in [0, 0.05) is 34.5 Å². The fourth-order valence-electron chi connectivity index (χ4n) is 3.19. The first-order valence-corrected chi connectivity index (χ1v) is 13.7. The molecule has 0 saturated carbocycles.